The highest BCUT2D eigenvalue weighted by Crippen LogP contribution is 2.13. The Labute approximate surface area is 106 Å². The van der Waals surface area contributed by atoms with Gasteiger partial charge in [-0.2, -0.15) is 5.10 Å². The maximum atomic E-state index is 5.02. The van der Waals surface area contributed by atoms with Crippen LogP contribution in [0.3, 0.4) is 0 Å². The number of rotatable bonds is 6. The van der Waals surface area contributed by atoms with E-state index in [1.165, 1.54) is 5.56 Å². The van der Waals surface area contributed by atoms with Gasteiger partial charge in [-0.3, -0.25) is 5.10 Å². The van der Waals surface area contributed by atoms with Gasteiger partial charge in [0.15, 0.2) is 0 Å². The summed E-state index contributed by atoms with van der Waals surface area (Å²) in [5.41, 5.74) is 3.25. The molecule has 0 aromatic carbocycles. The van der Waals surface area contributed by atoms with Crippen molar-refractivity contribution in [2.45, 2.75) is 20.4 Å². The molecule has 98 valence electrons. The molecule has 2 aromatic heterocycles. The Balaban J connectivity index is 2.09. The maximum absolute atomic E-state index is 5.02. The minimum atomic E-state index is 0.663. The number of imidazole rings is 1. The molecule has 0 aliphatic heterocycles. The number of H-pyrrole nitrogens is 1. The van der Waals surface area contributed by atoms with Gasteiger partial charge < -0.3 is 14.6 Å². The molecule has 0 amide bonds. The lowest BCUT2D eigenvalue weighted by Crippen LogP contribution is -2.12. The van der Waals surface area contributed by atoms with Crippen molar-refractivity contribution in [3.8, 4) is 0 Å². The summed E-state index contributed by atoms with van der Waals surface area (Å²) in [6, 6.07) is 0. The number of aryl methyl sites for hydroxylation is 2. The molecule has 0 spiro atoms. The zero-order valence-corrected chi connectivity index (χ0v) is 11.0. The fraction of sp³-hybridized carbons (Fsp3) is 0.500. The zero-order chi connectivity index (χ0) is 13.0. The minimum absolute atomic E-state index is 0.663. The third-order valence-corrected chi connectivity index (χ3v) is 2.76. The van der Waals surface area contributed by atoms with E-state index in [0.29, 0.717) is 6.61 Å². The van der Waals surface area contributed by atoms with Crippen LogP contribution in [-0.4, -0.2) is 40.0 Å². The van der Waals surface area contributed by atoms with E-state index in [2.05, 4.69) is 25.1 Å². The first-order valence-corrected chi connectivity index (χ1v) is 5.96. The van der Waals surface area contributed by atoms with Crippen LogP contribution >= 0.6 is 0 Å². The van der Waals surface area contributed by atoms with Gasteiger partial charge in [-0.1, -0.05) is 0 Å². The summed E-state index contributed by atoms with van der Waals surface area (Å²) in [7, 11) is 1.69. The van der Waals surface area contributed by atoms with Crippen LogP contribution < -0.4 is 5.32 Å². The van der Waals surface area contributed by atoms with E-state index >= 15 is 0 Å². The van der Waals surface area contributed by atoms with Crippen LogP contribution in [0.15, 0.2) is 12.4 Å². The van der Waals surface area contributed by atoms with E-state index in [1.807, 2.05) is 26.2 Å². The van der Waals surface area contributed by atoms with E-state index in [0.717, 1.165) is 30.4 Å². The number of nitrogens with zero attached hydrogens (tertiary/aromatic N) is 3. The van der Waals surface area contributed by atoms with Crippen molar-refractivity contribution in [1.82, 2.24) is 19.7 Å². The number of anilines is 1. The van der Waals surface area contributed by atoms with E-state index in [4.69, 9.17) is 4.74 Å². The molecule has 2 aromatic rings. The molecule has 6 nitrogen and oxygen atoms in total. The van der Waals surface area contributed by atoms with Crippen molar-refractivity contribution in [2.75, 3.05) is 25.6 Å². The number of aromatic amines is 1. The number of aromatic nitrogens is 4. The van der Waals surface area contributed by atoms with Crippen molar-refractivity contribution < 1.29 is 4.74 Å². The van der Waals surface area contributed by atoms with Gasteiger partial charge in [0.1, 0.15) is 0 Å². The summed E-state index contributed by atoms with van der Waals surface area (Å²) in [5, 5.41) is 10.2. The van der Waals surface area contributed by atoms with E-state index in [1.54, 1.807) is 7.11 Å². The molecule has 2 heterocycles. The summed E-state index contributed by atoms with van der Waals surface area (Å²) in [4.78, 5) is 4.46. The maximum Gasteiger partial charge on any atom is 0.203 e. The van der Waals surface area contributed by atoms with E-state index in [-0.39, 0.29) is 0 Å². The van der Waals surface area contributed by atoms with Gasteiger partial charge in [-0.15, -0.1) is 0 Å². The molecular formula is C12H19N5O. The van der Waals surface area contributed by atoms with Gasteiger partial charge in [0.25, 0.3) is 0 Å². The standard InChI is InChI=1S/C12H19N5O/c1-9-7-17(8-11-6-14-16-10(11)2)12(15-9)13-4-5-18-3/h6-7H,4-5,8H2,1-3H3,(H,13,15)(H,14,16). The van der Waals surface area contributed by atoms with Crippen LogP contribution in [0.25, 0.3) is 0 Å². The Morgan fingerprint density at radius 3 is 2.94 bits per heavy atom. The van der Waals surface area contributed by atoms with Crippen molar-refractivity contribution in [2.24, 2.45) is 0 Å². The van der Waals surface area contributed by atoms with Crippen molar-refractivity contribution >= 4 is 5.95 Å². The van der Waals surface area contributed by atoms with Crippen LogP contribution in [0.4, 0.5) is 5.95 Å². The molecule has 0 fully saturated rings. The first-order valence-electron chi connectivity index (χ1n) is 5.96. The van der Waals surface area contributed by atoms with Crippen LogP contribution in [0.1, 0.15) is 17.0 Å². The van der Waals surface area contributed by atoms with Gasteiger partial charge >= 0.3 is 0 Å². The first-order chi connectivity index (χ1) is 8.70. The molecule has 0 radical (unpaired) electrons. The molecule has 2 N–H and O–H groups in total. The first kappa shape index (κ1) is 12.6. The van der Waals surface area contributed by atoms with Crippen molar-refractivity contribution in [3.05, 3.63) is 29.3 Å². The van der Waals surface area contributed by atoms with Gasteiger partial charge in [0.2, 0.25) is 5.95 Å². The number of methoxy groups -OCH3 is 1. The molecule has 0 saturated carbocycles. The quantitative estimate of drug-likeness (QED) is 0.758. The smallest absolute Gasteiger partial charge is 0.203 e. The second-order valence-electron chi connectivity index (χ2n) is 4.27. The minimum Gasteiger partial charge on any atom is -0.383 e. The predicted molar refractivity (Wildman–Crippen MR) is 69.8 cm³/mol. The monoisotopic (exact) mass is 249 g/mol. The lowest BCUT2D eigenvalue weighted by atomic mass is 10.2. The number of hydrogen-bond acceptors (Lipinski definition) is 4. The summed E-state index contributed by atoms with van der Waals surface area (Å²) < 4.78 is 7.11. The molecule has 0 unspecified atom stereocenters. The molecule has 2 rings (SSSR count). The molecular weight excluding hydrogens is 230 g/mol. The van der Waals surface area contributed by atoms with Crippen molar-refractivity contribution in [1.29, 1.82) is 0 Å². The highest BCUT2D eigenvalue weighted by Gasteiger charge is 2.08. The summed E-state index contributed by atoms with van der Waals surface area (Å²) >= 11 is 0. The van der Waals surface area contributed by atoms with Crippen LogP contribution in [0, 0.1) is 13.8 Å². The topological polar surface area (TPSA) is 67.8 Å². The van der Waals surface area contributed by atoms with Gasteiger partial charge in [0, 0.05) is 31.1 Å². The fourth-order valence-corrected chi connectivity index (χ4v) is 1.79. The Morgan fingerprint density at radius 1 is 1.44 bits per heavy atom. The largest absolute Gasteiger partial charge is 0.383 e. The number of ether oxygens (including phenoxy) is 1. The van der Waals surface area contributed by atoms with Gasteiger partial charge in [0.05, 0.1) is 25.0 Å². The lowest BCUT2D eigenvalue weighted by molar-refractivity contribution is 0.210. The SMILES string of the molecule is COCCNc1nc(C)cn1Cc1cn[nH]c1C. The highest BCUT2D eigenvalue weighted by atomic mass is 16.5. The third kappa shape index (κ3) is 2.89. The van der Waals surface area contributed by atoms with E-state index < -0.39 is 0 Å². The predicted octanol–water partition coefficient (Wildman–Crippen LogP) is 1.33. The molecule has 0 saturated heterocycles. The Morgan fingerprint density at radius 2 is 2.28 bits per heavy atom. The van der Waals surface area contributed by atoms with Crippen LogP contribution in [-0.2, 0) is 11.3 Å². The Kier molecular flexibility index (Phi) is 3.99. The van der Waals surface area contributed by atoms with E-state index in [9.17, 15) is 0 Å². The summed E-state index contributed by atoms with van der Waals surface area (Å²) in [5.74, 6) is 0.866. The average Bonchev–Trinajstić information content (AvgIpc) is 2.88. The molecule has 0 bridgehead atoms. The van der Waals surface area contributed by atoms with Gasteiger partial charge in [-0.25, -0.2) is 4.98 Å². The highest BCUT2D eigenvalue weighted by molar-refractivity contribution is 5.30. The van der Waals surface area contributed by atoms with Crippen LogP contribution in [0.5, 0.6) is 0 Å². The fourth-order valence-electron chi connectivity index (χ4n) is 1.79. The normalized spacial score (nSPS) is 10.8. The molecule has 0 aliphatic rings. The van der Waals surface area contributed by atoms with Gasteiger partial charge in [-0.05, 0) is 13.8 Å². The molecule has 0 aliphatic carbocycles. The zero-order valence-electron chi connectivity index (χ0n) is 11.0. The lowest BCUT2D eigenvalue weighted by Gasteiger charge is -2.08. The Hall–Kier alpha value is -1.82. The number of hydrogen-bond donors (Lipinski definition) is 2. The third-order valence-electron chi connectivity index (χ3n) is 2.76. The molecule has 6 heteroatoms. The second-order valence-corrected chi connectivity index (χ2v) is 4.27. The summed E-state index contributed by atoms with van der Waals surface area (Å²) in [6.45, 7) is 6.18. The molecule has 18 heavy (non-hydrogen) atoms. The summed E-state index contributed by atoms with van der Waals surface area (Å²) in [6.07, 6.45) is 3.88. The Bertz CT molecular complexity index is 502. The second kappa shape index (κ2) is 5.68. The van der Waals surface area contributed by atoms with Crippen molar-refractivity contribution in [3.63, 3.8) is 0 Å². The number of nitrogens with one attached hydrogen (secondary N) is 2. The average molecular weight is 249 g/mol. The molecule has 0 atom stereocenters. The van der Waals surface area contributed by atoms with Crippen LogP contribution in [0.2, 0.25) is 0 Å².